The summed E-state index contributed by atoms with van der Waals surface area (Å²) in [5.74, 6) is -0.397. The van der Waals surface area contributed by atoms with Crippen molar-refractivity contribution in [2.24, 2.45) is 0 Å². The largest absolute Gasteiger partial charge is 0.385 e. The summed E-state index contributed by atoms with van der Waals surface area (Å²) in [4.78, 5) is 0. The third kappa shape index (κ3) is 3.27. The van der Waals surface area contributed by atoms with Gasteiger partial charge in [-0.05, 0) is 30.7 Å². The van der Waals surface area contributed by atoms with Crippen LogP contribution in [0, 0.1) is 5.82 Å². The molecule has 0 saturated heterocycles. The Bertz CT molecular complexity index is 596. The second-order valence-electron chi connectivity index (χ2n) is 4.67. The summed E-state index contributed by atoms with van der Waals surface area (Å²) in [6, 6.07) is 11.2. The second-order valence-corrected chi connectivity index (χ2v) is 5.48. The highest BCUT2D eigenvalue weighted by Crippen LogP contribution is 2.32. The van der Waals surface area contributed by atoms with Gasteiger partial charge in [-0.15, -0.1) is 0 Å². The molecule has 1 unspecified atom stereocenters. The van der Waals surface area contributed by atoms with E-state index in [2.05, 4.69) is 0 Å². The van der Waals surface area contributed by atoms with Gasteiger partial charge in [0.25, 0.3) is 0 Å². The first-order valence-electron chi connectivity index (χ1n) is 5.81. The average molecular weight is 299 g/mol. The van der Waals surface area contributed by atoms with Crippen molar-refractivity contribution >= 4 is 23.2 Å². The van der Waals surface area contributed by atoms with E-state index in [9.17, 15) is 9.50 Å². The second kappa shape index (κ2) is 5.49. The molecule has 0 heterocycles. The van der Waals surface area contributed by atoms with Crippen molar-refractivity contribution in [1.29, 1.82) is 0 Å². The van der Waals surface area contributed by atoms with E-state index < -0.39 is 11.4 Å². The molecule has 4 heteroatoms. The van der Waals surface area contributed by atoms with E-state index in [4.69, 9.17) is 23.2 Å². The molecule has 2 rings (SSSR count). The Morgan fingerprint density at radius 2 is 1.79 bits per heavy atom. The SMILES string of the molecule is CC(O)(Cc1ccc(F)cc1Cl)c1ccccc1Cl. The molecule has 1 nitrogen and oxygen atoms in total. The van der Waals surface area contributed by atoms with Gasteiger partial charge in [0.15, 0.2) is 0 Å². The van der Waals surface area contributed by atoms with Crippen LogP contribution >= 0.6 is 23.2 Å². The van der Waals surface area contributed by atoms with Gasteiger partial charge in [-0.1, -0.05) is 47.5 Å². The summed E-state index contributed by atoms with van der Waals surface area (Å²) in [7, 11) is 0. The van der Waals surface area contributed by atoms with E-state index in [-0.39, 0.29) is 6.42 Å². The molecule has 100 valence electrons. The van der Waals surface area contributed by atoms with Crippen molar-refractivity contribution in [3.05, 3.63) is 69.5 Å². The first-order chi connectivity index (χ1) is 8.90. The highest BCUT2D eigenvalue weighted by molar-refractivity contribution is 6.31. The molecule has 2 aromatic carbocycles. The quantitative estimate of drug-likeness (QED) is 0.879. The van der Waals surface area contributed by atoms with E-state index >= 15 is 0 Å². The summed E-state index contributed by atoms with van der Waals surface area (Å²) in [6.07, 6.45) is 0.260. The fourth-order valence-electron chi connectivity index (χ4n) is 2.03. The Labute approximate surface area is 121 Å². The van der Waals surface area contributed by atoms with Gasteiger partial charge < -0.3 is 5.11 Å². The molecule has 0 aliphatic carbocycles. The van der Waals surface area contributed by atoms with Crippen molar-refractivity contribution < 1.29 is 9.50 Å². The molecule has 0 aliphatic heterocycles. The molecular weight excluding hydrogens is 286 g/mol. The molecule has 19 heavy (non-hydrogen) atoms. The Balaban J connectivity index is 2.33. The van der Waals surface area contributed by atoms with Gasteiger partial charge in [0.1, 0.15) is 5.82 Å². The summed E-state index contributed by atoms with van der Waals surface area (Å²) in [5, 5.41) is 11.4. The molecule has 2 aromatic rings. The lowest BCUT2D eigenvalue weighted by Crippen LogP contribution is -2.24. The van der Waals surface area contributed by atoms with Crippen molar-refractivity contribution in [3.8, 4) is 0 Å². The number of hydrogen-bond acceptors (Lipinski definition) is 1. The molecule has 0 amide bonds. The lowest BCUT2D eigenvalue weighted by Gasteiger charge is -2.25. The number of hydrogen-bond donors (Lipinski definition) is 1. The number of benzene rings is 2. The molecule has 0 saturated carbocycles. The third-order valence-electron chi connectivity index (χ3n) is 3.00. The van der Waals surface area contributed by atoms with Crippen LogP contribution in [0.1, 0.15) is 18.1 Å². The van der Waals surface area contributed by atoms with Crippen LogP contribution in [0.15, 0.2) is 42.5 Å². The Kier molecular flexibility index (Phi) is 4.14. The monoisotopic (exact) mass is 298 g/mol. The highest BCUT2D eigenvalue weighted by Gasteiger charge is 2.26. The predicted molar refractivity (Wildman–Crippen MR) is 76.1 cm³/mol. The van der Waals surface area contributed by atoms with E-state index in [1.807, 2.05) is 6.07 Å². The van der Waals surface area contributed by atoms with E-state index in [1.165, 1.54) is 12.1 Å². The standard InChI is InChI=1S/C15H13Cl2FO/c1-15(19,12-4-2-3-5-13(12)16)9-10-6-7-11(18)8-14(10)17/h2-8,19H,9H2,1H3. The lowest BCUT2D eigenvalue weighted by atomic mass is 9.89. The fourth-order valence-corrected chi connectivity index (χ4v) is 2.60. The topological polar surface area (TPSA) is 20.2 Å². The minimum Gasteiger partial charge on any atom is -0.385 e. The van der Waals surface area contributed by atoms with Gasteiger partial charge in [-0.2, -0.15) is 0 Å². The third-order valence-corrected chi connectivity index (χ3v) is 3.69. The van der Waals surface area contributed by atoms with E-state index in [1.54, 1.807) is 31.2 Å². The summed E-state index contributed by atoms with van der Waals surface area (Å²) in [6.45, 7) is 1.66. The Morgan fingerprint density at radius 3 is 2.42 bits per heavy atom. The van der Waals surface area contributed by atoms with Gasteiger partial charge in [0, 0.05) is 22.0 Å². The zero-order chi connectivity index (χ0) is 14.0. The van der Waals surface area contributed by atoms with Gasteiger partial charge in [0.2, 0.25) is 0 Å². The normalized spacial score (nSPS) is 14.2. The van der Waals surface area contributed by atoms with Crippen molar-refractivity contribution in [1.82, 2.24) is 0 Å². The maximum Gasteiger partial charge on any atom is 0.124 e. The minimum atomic E-state index is -1.17. The van der Waals surface area contributed by atoms with Crippen molar-refractivity contribution in [3.63, 3.8) is 0 Å². The zero-order valence-corrected chi connectivity index (χ0v) is 11.8. The predicted octanol–water partition coefficient (Wildman–Crippen LogP) is 4.58. The molecule has 1 atom stereocenters. The summed E-state index contributed by atoms with van der Waals surface area (Å²) < 4.78 is 13.0. The van der Waals surface area contributed by atoms with Crippen LogP contribution in [0.4, 0.5) is 4.39 Å². The molecular formula is C15H13Cl2FO. The zero-order valence-electron chi connectivity index (χ0n) is 10.3. The van der Waals surface area contributed by atoms with Gasteiger partial charge in [-0.3, -0.25) is 0 Å². The summed E-state index contributed by atoms with van der Waals surface area (Å²) in [5.41, 5.74) is 0.129. The van der Waals surface area contributed by atoms with Gasteiger partial charge >= 0.3 is 0 Å². The number of aliphatic hydroxyl groups is 1. The summed E-state index contributed by atoms with van der Waals surface area (Å²) >= 11 is 12.1. The van der Waals surface area contributed by atoms with Crippen LogP contribution in [0.5, 0.6) is 0 Å². The van der Waals surface area contributed by atoms with Crippen LogP contribution in [-0.4, -0.2) is 5.11 Å². The molecule has 1 N–H and O–H groups in total. The van der Waals surface area contributed by atoms with Crippen molar-refractivity contribution in [2.45, 2.75) is 18.9 Å². The molecule has 0 fully saturated rings. The van der Waals surface area contributed by atoms with Crippen LogP contribution in [0.3, 0.4) is 0 Å². The smallest absolute Gasteiger partial charge is 0.124 e. The molecule has 0 radical (unpaired) electrons. The maximum absolute atomic E-state index is 13.0. The van der Waals surface area contributed by atoms with E-state index in [0.29, 0.717) is 21.2 Å². The average Bonchev–Trinajstić information content (AvgIpc) is 2.33. The Morgan fingerprint density at radius 1 is 1.11 bits per heavy atom. The first-order valence-corrected chi connectivity index (χ1v) is 6.57. The van der Waals surface area contributed by atoms with Crippen LogP contribution in [0.2, 0.25) is 10.0 Å². The fraction of sp³-hybridized carbons (Fsp3) is 0.200. The van der Waals surface area contributed by atoms with E-state index in [0.717, 1.165) is 0 Å². The maximum atomic E-state index is 13.0. The molecule has 0 bridgehead atoms. The van der Waals surface area contributed by atoms with Gasteiger partial charge in [-0.25, -0.2) is 4.39 Å². The molecule has 0 aromatic heterocycles. The van der Waals surface area contributed by atoms with Crippen molar-refractivity contribution in [2.75, 3.05) is 0 Å². The molecule has 0 aliphatic rings. The Hall–Kier alpha value is -1.09. The highest BCUT2D eigenvalue weighted by atomic mass is 35.5. The van der Waals surface area contributed by atoms with Crippen LogP contribution < -0.4 is 0 Å². The first kappa shape index (κ1) is 14.3. The molecule has 0 spiro atoms. The number of rotatable bonds is 3. The van der Waals surface area contributed by atoms with Crippen LogP contribution in [0.25, 0.3) is 0 Å². The van der Waals surface area contributed by atoms with Crippen LogP contribution in [-0.2, 0) is 12.0 Å². The lowest BCUT2D eigenvalue weighted by molar-refractivity contribution is 0.0577. The number of halogens is 3. The van der Waals surface area contributed by atoms with Gasteiger partial charge in [0.05, 0.1) is 5.60 Å². The minimum absolute atomic E-state index is 0.260.